The Bertz CT molecular complexity index is 486. The number of esters is 2. The van der Waals surface area contributed by atoms with Crippen molar-refractivity contribution in [1.82, 2.24) is 0 Å². The van der Waals surface area contributed by atoms with Gasteiger partial charge in [-0.3, -0.25) is 4.79 Å². The number of nitrogens with two attached hydrogens (primary N) is 1. The smallest absolute Gasteiger partial charge is 0.340 e. The van der Waals surface area contributed by atoms with Crippen LogP contribution in [0.25, 0.3) is 0 Å². The Morgan fingerprint density at radius 3 is 2.63 bits per heavy atom. The molecule has 0 aliphatic carbocycles. The third-order valence-corrected chi connectivity index (χ3v) is 2.53. The number of hydrogen-bond acceptors (Lipinski definition) is 6. The number of anilines is 2. The summed E-state index contributed by atoms with van der Waals surface area (Å²) in [6, 6.07) is 3.30. The number of carbonyl (C=O) groups excluding carboxylic acids is 2. The number of aryl methyl sites for hydroxylation is 1. The number of rotatable bonds is 5. The van der Waals surface area contributed by atoms with Crippen LogP contribution in [0.5, 0.6) is 0 Å². The lowest BCUT2D eigenvalue weighted by atomic mass is 10.1. The second kappa shape index (κ2) is 6.63. The molecule has 0 spiro atoms. The number of nitrogen functional groups attached to an aromatic ring is 1. The van der Waals surface area contributed by atoms with Crippen molar-refractivity contribution in [3.63, 3.8) is 0 Å². The summed E-state index contributed by atoms with van der Waals surface area (Å²) in [5.74, 6) is -0.878. The van der Waals surface area contributed by atoms with Gasteiger partial charge in [0, 0.05) is 11.4 Å². The highest BCUT2D eigenvalue weighted by molar-refractivity contribution is 5.97. The maximum absolute atomic E-state index is 11.6. The molecule has 1 aromatic rings. The summed E-state index contributed by atoms with van der Waals surface area (Å²) in [5.41, 5.74) is 7.79. The second-order valence-corrected chi connectivity index (χ2v) is 3.90. The molecule has 0 heterocycles. The topological polar surface area (TPSA) is 90.6 Å². The minimum atomic E-state index is -0.514. The van der Waals surface area contributed by atoms with Gasteiger partial charge >= 0.3 is 11.9 Å². The summed E-state index contributed by atoms with van der Waals surface area (Å²) in [6.07, 6.45) is 0. The predicted octanol–water partition coefficient (Wildman–Crippen LogP) is 1.34. The van der Waals surface area contributed by atoms with Gasteiger partial charge in [0.1, 0.15) is 6.54 Å². The van der Waals surface area contributed by atoms with Crippen molar-refractivity contribution in [2.75, 3.05) is 31.3 Å². The molecule has 19 heavy (non-hydrogen) atoms. The highest BCUT2D eigenvalue weighted by Gasteiger charge is 2.13. The van der Waals surface area contributed by atoms with Gasteiger partial charge in [0.2, 0.25) is 0 Å². The third-order valence-electron chi connectivity index (χ3n) is 2.53. The van der Waals surface area contributed by atoms with Gasteiger partial charge in [-0.15, -0.1) is 0 Å². The first-order chi connectivity index (χ1) is 8.99. The van der Waals surface area contributed by atoms with Crippen LogP contribution in [0.2, 0.25) is 0 Å². The van der Waals surface area contributed by atoms with E-state index in [-0.39, 0.29) is 18.1 Å². The van der Waals surface area contributed by atoms with E-state index in [1.165, 1.54) is 7.11 Å². The van der Waals surface area contributed by atoms with E-state index in [1.807, 2.05) is 0 Å². The Labute approximate surface area is 111 Å². The lowest BCUT2D eigenvalue weighted by Gasteiger charge is -2.11. The molecule has 104 valence electrons. The van der Waals surface area contributed by atoms with Crippen LogP contribution in [0.4, 0.5) is 11.4 Å². The molecule has 1 rings (SSSR count). The van der Waals surface area contributed by atoms with Crippen LogP contribution in [-0.4, -0.2) is 32.2 Å². The van der Waals surface area contributed by atoms with Gasteiger partial charge in [-0.05, 0) is 31.5 Å². The van der Waals surface area contributed by atoms with E-state index in [4.69, 9.17) is 10.5 Å². The van der Waals surface area contributed by atoms with E-state index in [2.05, 4.69) is 10.1 Å². The largest absolute Gasteiger partial charge is 0.465 e. The first kappa shape index (κ1) is 14.8. The quantitative estimate of drug-likeness (QED) is 0.617. The molecule has 0 aromatic heterocycles. The molecule has 0 saturated carbocycles. The van der Waals surface area contributed by atoms with E-state index in [1.54, 1.807) is 26.0 Å². The van der Waals surface area contributed by atoms with Crippen LogP contribution in [0.3, 0.4) is 0 Å². The average molecular weight is 266 g/mol. The number of nitrogens with one attached hydrogen (secondary N) is 1. The summed E-state index contributed by atoms with van der Waals surface area (Å²) >= 11 is 0. The molecular weight excluding hydrogens is 248 g/mol. The average Bonchev–Trinajstić information content (AvgIpc) is 2.39. The summed E-state index contributed by atoms with van der Waals surface area (Å²) in [5, 5.41) is 2.88. The molecule has 3 N–H and O–H groups in total. The zero-order valence-corrected chi connectivity index (χ0v) is 11.3. The Hall–Kier alpha value is -2.24. The van der Waals surface area contributed by atoms with Crippen LogP contribution in [-0.2, 0) is 14.3 Å². The highest BCUT2D eigenvalue weighted by atomic mass is 16.5. The van der Waals surface area contributed by atoms with Crippen molar-refractivity contribution in [1.29, 1.82) is 0 Å². The third kappa shape index (κ3) is 3.87. The lowest BCUT2D eigenvalue weighted by molar-refractivity contribution is -0.140. The standard InChI is InChI=1S/C13H18N2O4/c1-4-19-11(16)7-15-9-5-8(2)12(14)10(6-9)13(17)18-3/h5-6,15H,4,7,14H2,1-3H3. The van der Waals surface area contributed by atoms with Crippen molar-refractivity contribution in [3.05, 3.63) is 23.3 Å². The zero-order valence-electron chi connectivity index (χ0n) is 11.3. The Morgan fingerprint density at radius 2 is 2.05 bits per heavy atom. The molecule has 0 atom stereocenters. The fourth-order valence-electron chi connectivity index (χ4n) is 1.57. The molecule has 0 aliphatic rings. The van der Waals surface area contributed by atoms with E-state index < -0.39 is 5.97 Å². The number of ether oxygens (including phenoxy) is 2. The minimum Gasteiger partial charge on any atom is -0.465 e. The molecule has 1 aromatic carbocycles. The summed E-state index contributed by atoms with van der Waals surface area (Å²) in [6.45, 7) is 3.87. The second-order valence-electron chi connectivity index (χ2n) is 3.90. The Morgan fingerprint density at radius 1 is 1.37 bits per heavy atom. The number of methoxy groups -OCH3 is 1. The number of carbonyl (C=O) groups is 2. The van der Waals surface area contributed by atoms with Gasteiger partial charge < -0.3 is 20.5 Å². The van der Waals surface area contributed by atoms with Crippen LogP contribution < -0.4 is 11.1 Å². The Balaban J connectivity index is 2.88. The summed E-state index contributed by atoms with van der Waals surface area (Å²) in [7, 11) is 1.29. The first-order valence-electron chi connectivity index (χ1n) is 5.87. The van der Waals surface area contributed by atoms with Crippen LogP contribution >= 0.6 is 0 Å². The molecule has 0 fully saturated rings. The van der Waals surface area contributed by atoms with E-state index in [0.717, 1.165) is 5.56 Å². The van der Waals surface area contributed by atoms with Crippen LogP contribution in [0, 0.1) is 6.92 Å². The van der Waals surface area contributed by atoms with Gasteiger partial charge in [0.15, 0.2) is 0 Å². The van der Waals surface area contributed by atoms with Crippen molar-refractivity contribution in [3.8, 4) is 0 Å². The monoisotopic (exact) mass is 266 g/mol. The molecule has 6 heteroatoms. The van der Waals surface area contributed by atoms with Gasteiger partial charge in [-0.25, -0.2) is 4.79 Å². The van der Waals surface area contributed by atoms with E-state index in [9.17, 15) is 9.59 Å². The highest BCUT2D eigenvalue weighted by Crippen LogP contribution is 2.23. The molecule has 6 nitrogen and oxygen atoms in total. The molecule has 0 bridgehead atoms. The maximum atomic E-state index is 11.6. The molecule has 0 aliphatic heterocycles. The molecule has 0 amide bonds. The summed E-state index contributed by atoms with van der Waals surface area (Å²) < 4.78 is 9.45. The van der Waals surface area contributed by atoms with Gasteiger partial charge in [-0.2, -0.15) is 0 Å². The molecule has 0 unspecified atom stereocenters. The van der Waals surface area contributed by atoms with Crippen LogP contribution in [0.1, 0.15) is 22.8 Å². The number of hydrogen-bond donors (Lipinski definition) is 2. The van der Waals surface area contributed by atoms with Crippen LogP contribution in [0.15, 0.2) is 12.1 Å². The first-order valence-corrected chi connectivity index (χ1v) is 5.87. The van der Waals surface area contributed by atoms with Gasteiger partial charge in [0.05, 0.1) is 19.3 Å². The fourth-order valence-corrected chi connectivity index (χ4v) is 1.57. The van der Waals surface area contributed by atoms with E-state index in [0.29, 0.717) is 18.0 Å². The minimum absolute atomic E-state index is 0.0256. The molecule has 0 saturated heterocycles. The number of benzene rings is 1. The van der Waals surface area contributed by atoms with Crippen molar-refractivity contribution >= 4 is 23.3 Å². The van der Waals surface area contributed by atoms with Gasteiger partial charge in [0.25, 0.3) is 0 Å². The molecular formula is C13H18N2O4. The van der Waals surface area contributed by atoms with Crippen molar-refractivity contribution in [2.45, 2.75) is 13.8 Å². The zero-order chi connectivity index (χ0) is 14.4. The maximum Gasteiger partial charge on any atom is 0.340 e. The Kier molecular flexibility index (Phi) is 5.17. The normalized spacial score (nSPS) is 9.84. The van der Waals surface area contributed by atoms with Crippen molar-refractivity contribution < 1.29 is 19.1 Å². The fraction of sp³-hybridized carbons (Fsp3) is 0.385. The lowest BCUT2D eigenvalue weighted by Crippen LogP contribution is -2.17. The van der Waals surface area contributed by atoms with E-state index >= 15 is 0 Å². The summed E-state index contributed by atoms with van der Waals surface area (Å²) in [4.78, 5) is 22.8. The molecule has 0 radical (unpaired) electrons. The SMILES string of the molecule is CCOC(=O)CNc1cc(C)c(N)c(C(=O)OC)c1. The predicted molar refractivity (Wildman–Crippen MR) is 72.1 cm³/mol. The van der Waals surface area contributed by atoms with Crippen molar-refractivity contribution in [2.24, 2.45) is 0 Å². The van der Waals surface area contributed by atoms with Gasteiger partial charge in [-0.1, -0.05) is 0 Å².